The Morgan fingerprint density at radius 2 is 1.61 bits per heavy atom. The van der Waals surface area contributed by atoms with Crippen molar-refractivity contribution in [2.24, 2.45) is 5.92 Å². The monoisotopic (exact) mass is 491 g/mol. The molecule has 2 aromatic carbocycles. The SMILES string of the molecule is Cc1ccc(CN2C(=O)C(CC(C)C)NC(=O)C23CCN(Cc2ccc4c(c2)OCCO4)CC3)cc1. The van der Waals surface area contributed by atoms with Crippen LogP contribution in [0.4, 0.5) is 0 Å². The number of fused-ring (bicyclic) bond motifs is 1. The number of amides is 2. The number of nitrogens with one attached hydrogen (secondary N) is 1. The maximum absolute atomic E-state index is 13.7. The first-order chi connectivity index (χ1) is 17.3. The van der Waals surface area contributed by atoms with Gasteiger partial charge in [0.05, 0.1) is 0 Å². The van der Waals surface area contributed by atoms with Crippen LogP contribution in [-0.2, 0) is 22.7 Å². The molecular weight excluding hydrogens is 454 g/mol. The molecule has 5 rings (SSSR count). The van der Waals surface area contributed by atoms with Gasteiger partial charge in [-0.2, -0.15) is 0 Å². The lowest BCUT2D eigenvalue weighted by atomic mass is 9.80. The number of hydrogen-bond donors (Lipinski definition) is 1. The van der Waals surface area contributed by atoms with Gasteiger partial charge >= 0.3 is 0 Å². The number of aryl methyl sites for hydroxylation is 1. The number of likely N-dealkylation sites (tertiary alicyclic amines) is 1. The lowest BCUT2D eigenvalue weighted by Crippen LogP contribution is -2.72. The Hall–Kier alpha value is -3.06. The van der Waals surface area contributed by atoms with Crippen molar-refractivity contribution in [3.63, 3.8) is 0 Å². The van der Waals surface area contributed by atoms with Gasteiger partial charge in [0.25, 0.3) is 0 Å². The van der Waals surface area contributed by atoms with E-state index in [1.165, 1.54) is 5.56 Å². The Bertz CT molecular complexity index is 1110. The smallest absolute Gasteiger partial charge is 0.246 e. The van der Waals surface area contributed by atoms with E-state index in [4.69, 9.17) is 9.47 Å². The minimum Gasteiger partial charge on any atom is -0.486 e. The first-order valence-corrected chi connectivity index (χ1v) is 13.1. The van der Waals surface area contributed by atoms with Gasteiger partial charge in [-0.15, -0.1) is 0 Å². The fourth-order valence-electron chi connectivity index (χ4n) is 5.63. The predicted molar refractivity (Wildman–Crippen MR) is 138 cm³/mol. The summed E-state index contributed by atoms with van der Waals surface area (Å²) in [6.07, 6.45) is 1.89. The lowest BCUT2D eigenvalue weighted by Gasteiger charge is -2.52. The van der Waals surface area contributed by atoms with E-state index in [0.717, 1.165) is 42.3 Å². The molecule has 1 unspecified atom stereocenters. The fraction of sp³-hybridized carbons (Fsp3) is 0.517. The third-order valence-corrected chi connectivity index (χ3v) is 7.67. The summed E-state index contributed by atoms with van der Waals surface area (Å²) >= 11 is 0. The molecule has 0 aromatic heterocycles. The van der Waals surface area contributed by atoms with Crippen molar-refractivity contribution in [2.45, 2.75) is 64.7 Å². The summed E-state index contributed by atoms with van der Waals surface area (Å²) in [6.45, 7) is 10.1. The van der Waals surface area contributed by atoms with E-state index < -0.39 is 11.6 Å². The number of ether oxygens (including phenoxy) is 2. The largest absolute Gasteiger partial charge is 0.486 e. The highest BCUT2D eigenvalue weighted by molar-refractivity contribution is 6.00. The zero-order valence-electron chi connectivity index (χ0n) is 21.6. The highest BCUT2D eigenvalue weighted by Crippen LogP contribution is 2.36. The fourth-order valence-corrected chi connectivity index (χ4v) is 5.63. The Morgan fingerprint density at radius 1 is 0.944 bits per heavy atom. The molecule has 192 valence electrons. The molecule has 0 radical (unpaired) electrons. The van der Waals surface area contributed by atoms with Crippen LogP contribution in [0.25, 0.3) is 0 Å². The second kappa shape index (κ2) is 10.1. The van der Waals surface area contributed by atoms with E-state index >= 15 is 0 Å². The van der Waals surface area contributed by atoms with Crippen molar-refractivity contribution in [1.29, 1.82) is 0 Å². The van der Waals surface area contributed by atoms with Gasteiger partial charge in [0, 0.05) is 26.2 Å². The van der Waals surface area contributed by atoms with Crippen LogP contribution in [0.15, 0.2) is 42.5 Å². The molecule has 1 N–H and O–H groups in total. The van der Waals surface area contributed by atoms with Crippen molar-refractivity contribution < 1.29 is 19.1 Å². The highest BCUT2D eigenvalue weighted by atomic mass is 16.6. The first kappa shape index (κ1) is 24.6. The van der Waals surface area contributed by atoms with Crippen LogP contribution in [0.2, 0.25) is 0 Å². The second-order valence-corrected chi connectivity index (χ2v) is 10.9. The molecular formula is C29H37N3O4. The number of carbonyl (C=O) groups is 2. The van der Waals surface area contributed by atoms with Crippen molar-refractivity contribution in [3.05, 3.63) is 59.2 Å². The number of piperidine rings is 1. The van der Waals surface area contributed by atoms with Gasteiger partial charge in [0.15, 0.2) is 11.5 Å². The Kier molecular flexibility index (Phi) is 6.93. The molecule has 0 bridgehead atoms. The standard InChI is InChI=1S/C29H37N3O4/c1-20(2)16-24-27(33)32(19-22-6-4-21(3)5-7-22)29(28(34)30-24)10-12-31(13-11-29)18-23-8-9-25-26(17-23)36-15-14-35-25/h4-9,17,20,24H,10-16,18-19H2,1-3H3,(H,30,34). The van der Waals surface area contributed by atoms with Crippen molar-refractivity contribution in [3.8, 4) is 11.5 Å². The van der Waals surface area contributed by atoms with Gasteiger partial charge in [-0.1, -0.05) is 49.7 Å². The van der Waals surface area contributed by atoms with E-state index in [-0.39, 0.29) is 11.8 Å². The predicted octanol–water partition coefficient (Wildman–Crippen LogP) is 3.67. The number of benzene rings is 2. The van der Waals surface area contributed by atoms with Crippen molar-refractivity contribution in [2.75, 3.05) is 26.3 Å². The molecule has 2 saturated heterocycles. The molecule has 36 heavy (non-hydrogen) atoms. The number of piperazine rings is 1. The van der Waals surface area contributed by atoms with Crippen LogP contribution in [0.5, 0.6) is 11.5 Å². The molecule has 7 heteroatoms. The van der Waals surface area contributed by atoms with Gasteiger partial charge < -0.3 is 19.7 Å². The zero-order valence-corrected chi connectivity index (χ0v) is 21.6. The molecule has 1 spiro atoms. The summed E-state index contributed by atoms with van der Waals surface area (Å²) in [4.78, 5) is 31.6. The highest BCUT2D eigenvalue weighted by Gasteiger charge is 2.53. The van der Waals surface area contributed by atoms with Crippen LogP contribution in [0, 0.1) is 12.8 Å². The molecule has 0 saturated carbocycles. The van der Waals surface area contributed by atoms with Gasteiger partial charge in [-0.25, -0.2) is 0 Å². The summed E-state index contributed by atoms with van der Waals surface area (Å²) in [7, 11) is 0. The van der Waals surface area contributed by atoms with Gasteiger partial charge in [-0.3, -0.25) is 14.5 Å². The molecule has 3 aliphatic rings. The summed E-state index contributed by atoms with van der Waals surface area (Å²) < 4.78 is 11.4. The zero-order chi connectivity index (χ0) is 25.3. The molecule has 3 aliphatic heterocycles. The number of nitrogens with zero attached hydrogens (tertiary/aromatic N) is 2. The van der Waals surface area contributed by atoms with Gasteiger partial charge in [0.1, 0.15) is 24.8 Å². The Morgan fingerprint density at radius 3 is 2.31 bits per heavy atom. The van der Waals surface area contributed by atoms with E-state index in [2.05, 4.69) is 67.4 Å². The molecule has 7 nitrogen and oxygen atoms in total. The molecule has 2 amide bonds. The quantitative estimate of drug-likeness (QED) is 0.668. The summed E-state index contributed by atoms with van der Waals surface area (Å²) in [6, 6.07) is 13.9. The third kappa shape index (κ3) is 4.94. The molecule has 3 heterocycles. The maximum Gasteiger partial charge on any atom is 0.246 e. The van der Waals surface area contributed by atoms with E-state index in [9.17, 15) is 9.59 Å². The second-order valence-electron chi connectivity index (χ2n) is 10.9. The average Bonchev–Trinajstić information content (AvgIpc) is 2.87. The normalized spacial score (nSPS) is 21.7. The summed E-state index contributed by atoms with van der Waals surface area (Å²) in [5.41, 5.74) is 2.60. The molecule has 1 atom stereocenters. The number of rotatable bonds is 6. The van der Waals surface area contributed by atoms with E-state index in [1.807, 2.05) is 11.0 Å². The Balaban J connectivity index is 1.33. The van der Waals surface area contributed by atoms with Crippen LogP contribution in [0.3, 0.4) is 0 Å². The number of carbonyl (C=O) groups excluding carboxylic acids is 2. The summed E-state index contributed by atoms with van der Waals surface area (Å²) in [5, 5.41) is 3.10. The maximum atomic E-state index is 13.7. The minimum atomic E-state index is -0.807. The van der Waals surface area contributed by atoms with Crippen molar-refractivity contribution in [1.82, 2.24) is 15.1 Å². The van der Waals surface area contributed by atoms with Crippen molar-refractivity contribution >= 4 is 11.8 Å². The van der Waals surface area contributed by atoms with Gasteiger partial charge in [-0.05, 0) is 55.4 Å². The minimum absolute atomic E-state index is 0.00107. The third-order valence-electron chi connectivity index (χ3n) is 7.67. The van der Waals surface area contributed by atoms with E-state index in [1.54, 1.807) is 0 Å². The van der Waals surface area contributed by atoms with Crippen LogP contribution >= 0.6 is 0 Å². The summed E-state index contributed by atoms with van der Waals surface area (Å²) in [5.74, 6) is 1.96. The first-order valence-electron chi connectivity index (χ1n) is 13.1. The van der Waals surface area contributed by atoms with Crippen LogP contribution in [0.1, 0.15) is 49.8 Å². The topological polar surface area (TPSA) is 71.1 Å². The van der Waals surface area contributed by atoms with E-state index in [0.29, 0.717) is 44.9 Å². The van der Waals surface area contributed by atoms with Crippen LogP contribution in [-0.4, -0.2) is 59.5 Å². The molecule has 2 aromatic rings. The molecule has 2 fully saturated rings. The average molecular weight is 492 g/mol. The number of hydrogen-bond acceptors (Lipinski definition) is 5. The molecule has 0 aliphatic carbocycles. The lowest BCUT2D eigenvalue weighted by molar-refractivity contribution is -0.162. The Labute approximate surface area is 213 Å². The van der Waals surface area contributed by atoms with Crippen LogP contribution < -0.4 is 14.8 Å². The van der Waals surface area contributed by atoms with Gasteiger partial charge in [0.2, 0.25) is 11.8 Å².